The van der Waals surface area contributed by atoms with Gasteiger partial charge >= 0.3 is 0 Å². The van der Waals surface area contributed by atoms with Crippen molar-refractivity contribution >= 4 is 29.3 Å². The average molecular weight is 417 g/mol. The van der Waals surface area contributed by atoms with E-state index in [1.165, 1.54) is 11.8 Å². The second-order valence-corrected chi connectivity index (χ2v) is 7.88. The Balaban J connectivity index is 1.63. The highest BCUT2D eigenvalue weighted by molar-refractivity contribution is 8.00. The van der Waals surface area contributed by atoms with Crippen molar-refractivity contribution in [1.82, 2.24) is 20.1 Å². The van der Waals surface area contributed by atoms with Gasteiger partial charge in [-0.15, -0.1) is 10.2 Å². The van der Waals surface area contributed by atoms with E-state index in [1.807, 2.05) is 67.1 Å². The zero-order valence-electron chi connectivity index (χ0n) is 15.8. The van der Waals surface area contributed by atoms with E-state index in [9.17, 15) is 4.79 Å². The SMILES string of the molecule is COc1ccc(-c2nnc(S[C@@H](C)C(=O)NCc3ccccc3Cl)n2C)cc1. The Bertz CT molecular complexity index is 959. The number of rotatable bonds is 7. The molecule has 1 amide bonds. The standard InChI is InChI=1S/C20H21ClN4O2S/c1-13(19(26)22-12-15-6-4-5-7-17(15)21)28-20-24-23-18(25(20)2)14-8-10-16(27-3)11-9-14/h4-11,13H,12H2,1-3H3,(H,22,26)/t13-/m0/s1. The lowest BCUT2D eigenvalue weighted by Gasteiger charge is -2.12. The molecule has 0 aliphatic heterocycles. The molecule has 0 bridgehead atoms. The molecule has 0 unspecified atom stereocenters. The van der Waals surface area contributed by atoms with Crippen molar-refractivity contribution in [2.45, 2.75) is 23.9 Å². The summed E-state index contributed by atoms with van der Waals surface area (Å²) >= 11 is 7.49. The lowest BCUT2D eigenvalue weighted by Crippen LogP contribution is -2.30. The maximum Gasteiger partial charge on any atom is 0.233 e. The molecular weight excluding hydrogens is 396 g/mol. The number of amides is 1. The Morgan fingerprint density at radius 3 is 2.61 bits per heavy atom. The third-order valence-corrected chi connectivity index (χ3v) is 5.75. The van der Waals surface area contributed by atoms with Gasteiger partial charge in [-0.25, -0.2) is 0 Å². The molecule has 146 valence electrons. The Hall–Kier alpha value is -2.51. The van der Waals surface area contributed by atoms with Crippen LogP contribution >= 0.6 is 23.4 Å². The highest BCUT2D eigenvalue weighted by atomic mass is 35.5. The lowest BCUT2D eigenvalue weighted by atomic mass is 10.2. The van der Waals surface area contributed by atoms with E-state index in [2.05, 4.69) is 15.5 Å². The van der Waals surface area contributed by atoms with Crippen molar-refractivity contribution < 1.29 is 9.53 Å². The molecule has 1 N–H and O–H groups in total. The minimum Gasteiger partial charge on any atom is -0.497 e. The number of thioether (sulfide) groups is 1. The van der Waals surface area contributed by atoms with E-state index in [1.54, 1.807) is 7.11 Å². The quantitative estimate of drug-likeness (QED) is 0.591. The van der Waals surface area contributed by atoms with Gasteiger partial charge in [0.05, 0.1) is 12.4 Å². The Labute approximate surface area is 173 Å². The van der Waals surface area contributed by atoms with Crippen molar-refractivity contribution in [3.05, 3.63) is 59.1 Å². The van der Waals surface area contributed by atoms with Crippen molar-refractivity contribution in [1.29, 1.82) is 0 Å². The van der Waals surface area contributed by atoms with Gasteiger partial charge in [-0.2, -0.15) is 0 Å². The summed E-state index contributed by atoms with van der Waals surface area (Å²) in [5.41, 5.74) is 1.81. The maximum atomic E-state index is 12.4. The lowest BCUT2D eigenvalue weighted by molar-refractivity contribution is -0.120. The van der Waals surface area contributed by atoms with Gasteiger partial charge in [0.25, 0.3) is 0 Å². The van der Waals surface area contributed by atoms with Crippen LogP contribution in [0, 0.1) is 0 Å². The van der Waals surface area contributed by atoms with Crippen LogP contribution in [0.5, 0.6) is 5.75 Å². The Kier molecular flexibility index (Phi) is 6.59. The fourth-order valence-corrected chi connectivity index (χ4v) is 3.63. The molecule has 6 nitrogen and oxygen atoms in total. The molecule has 0 fully saturated rings. The zero-order chi connectivity index (χ0) is 20.1. The molecule has 3 rings (SSSR count). The molecule has 1 atom stereocenters. The number of halogens is 1. The van der Waals surface area contributed by atoms with Crippen LogP contribution in [0.2, 0.25) is 5.02 Å². The van der Waals surface area contributed by atoms with Gasteiger partial charge in [-0.1, -0.05) is 41.6 Å². The molecule has 0 radical (unpaired) electrons. The number of benzene rings is 2. The van der Waals surface area contributed by atoms with Crippen LogP contribution in [-0.2, 0) is 18.4 Å². The summed E-state index contributed by atoms with van der Waals surface area (Å²) in [6, 6.07) is 15.1. The van der Waals surface area contributed by atoms with E-state index in [0.29, 0.717) is 16.7 Å². The molecule has 0 spiro atoms. The number of aromatic nitrogens is 3. The highest BCUT2D eigenvalue weighted by Gasteiger charge is 2.19. The molecule has 1 aromatic heterocycles. The summed E-state index contributed by atoms with van der Waals surface area (Å²) < 4.78 is 7.06. The smallest absolute Gasteiger partial charge is 0.233 e. The first kappa shape index (κ1) is 20.2. The van der Waals surface area contributed by atoms with E-state index >= 15 is 0 Å². The van der Waals surface area contributed by atoms with Crippen molar-refractivity contribution in [2.75, 3.05) is 7.11 Å². The first-order chi connectivity index (χ1) is 13.5. The molecule has 0 aliphatic rings. The summed E-state index contributed by atoms with van der Waals surface area (Å²) in [7, 11) is 3.51. The minimum atomic E-state index is -0.325. The van der Waals surface area contributed by atoms with Gasteiger partial charge in [0.1, 0.15) is 5.75 Å². The van der Waals surface area contributed by atoms with Crippen LogP contribution in [0.3, 0.4) is 0 Å². The first-order valence-electron chi connectivity index (χ1n) is 8.71. The zero-order valence-corrected chi connectivity index (χ0v) is 17.4. The van der Waals surface area contributed by atoms with Crippen LogP contribution < -0.4 is 10.1 Å². The predicted octanol–water partition coefficient (Wildman–Crippen LogP) is 3.94. The third kappa shape index (κ3) is 4.66. The van der Waals surface area contributed by atoms with Crippen LogP contribution in [-0.4, -0.2) is 33.0 Å². The molecule has 8 heteroatoms. The summed E-state index contributed by atoms with van der Waals surface area (Å²) in [5, 5.41) is 12.4. The average Bonchev–Trinajstić information content (AvgIpc) is 3.07. The molecule has 2 aromatic carbocycles. The number of carbonyl (C=O) groups is 1. The number of ether oxygens (including phenoxy) is 1. The van der Waals surface area contributed by atoms with Crippen molar-refractivity contribution in [3.63, 3.8) is 0 Å². The van der Waals surface area contributed by atoms with E-state index in [4.69, 9.17) is 16.3 Å². The number of carbonyl (C=O) groups excluding carboxylic acids is 1. The Morgan fingerprint density at radius 1 is 1.21 bits per heavy atom. The van der Waals surface area contributed by atoms with E-state index < -0.39 is 0 Å². The van der Waals surface area contributed by atoms with Gasteiger partial charge in [-0.3, -0.25) is 4.79 Å². The van der Waals surface area contributed by atoms with Gasteiger partial charge in [0.2, 0.25) is 5.91 Å². The van der Waals surface area contributed by atoms with Crippen LogP contribution in [0.25, 0.3) is 11.4 Å². The van der Waals surface area contributed by atoms with Crippen molar-refractivity contribution in [2.24, 2.45) is 7.05 Å². The normalized spacial score (nSPS) is 11.9. The van der Waals surface area contributed by atoms with E-state index in [0.717, 1.165) is 22.7 Å². The number of methoxy groups -OCH3 is 1. The van der Waals surface area contributed by atoms with Gasteiger partial charge in [-0.05, 0) is 42.8 Å². The summed E-state index contributed by atoms with van der Waals surface area (Å²) in [6.45, 7) is 2.23. The summed E-state index contributed by atoms with van der Waals surface area (Å²) in [5.74, 6) is 1.43. The summed E-state index contributed by atoms with van der Waals surface area (Å²) in [6.07, 6.45) is 0. The van der Waals surface area contributed by atoms with Gasteiger partial charge in [0.15, 0.2) is 11.0 Å². The number of nitrogens with zero attached hydrogens (tertiary/aromatic N) is 3. The first-order valence-corrected chi connectivity index (χ1v) is 9.97. The third-order valence-electron chi connectivity index (χ3n) is 4.25. The minimum absolute atomic E-state index is 0.0843. The second kappa shape index (κ2) is 9.12. The second-order valence-electron chi connectivity index (χ2n) is 6.16. The molecule has 0 saturated heterocycles. The molecule has 3 aromatic rings. The monoisotopic (exact) mass is 416 g/mol. The predicted molar refractivity (Wildman–Crippen MR) is 112 cm³/mol. The highest BCUT2D eigenvalue weighted by Crippen LogP contribution is 2.27. The number of nitrogens with one attached hydrogen (secondary N) is 1. The number of hydrogen-bond donors (Lipinski definition) is 1. The van der Waals surface area contributed by atoms with Gasteiger partial charge in [0, 0.05) is 24.2 Å². The largest absolute Gasteiger partial charge is 0.497 e. The van der Waals surface area contributed by atoms with Crippen molar-refractivity contribution in [3.8, 4) is 17.1 Å². The van der Waals surface area contributed by atoms with Crippen LogP contribution in [0.4, 0.5) is 0 Å². The molecule has 1 heterocycles. The van der Waals surface area contributed by atoms with E-state index in [-0.39, 0.29) is 11.2 Å². The molecular formula is C20H21ClN4O2S. The van der Waals surface area contributed by atoms with Crippen LogP contribution in [0.15, 0.2) is 53.7 Å². The molecule has 0 aliphatic carbocycles. The topological polar surface area (TPSA) is 69.0 Å². The fourth-order valence-electron chi connectivity index (χ4n) is 2.59. The summed E-state index contributed by atoms with van der Waals surface area (Å²) in [4.78, 5) is 12.4. The molecule has 28 heavy (non-hydrogen) atoms. The fraction of sp³-hybridized carbons (Fsp3) is 0.250. The maximum absolute atomic E-state index is 12.4. The molecule has 0 saturated carbocycles. The van der Waals surface area contributed by atoms with Crippen LogP contribution in [0.1, 0.15) is 12.5 Å². The number of hydrogen-bond acceptors (Lipinski definition) is 5. The Morgan fingerprint density at radius 2 is 1.93 bits per heavy atom. The van der Waals surface area contributed by atoms with Gasteiger partial charge < -0.3 is 14.6 Å².